The number of carbonyl (C=O) groups is 1. The molecule has 8 nitrogen and oxygen atoms in total. The van der Waals surface area contributed by atoms with Gasteiger partial charge in [0.25, 0.3) is 7.82 Å². The van der Waals surface area contributed by atoms with E-state index in [9.17, 15) is 19.4 Å². The summed E-state index contributed by atoms with van der Waals surface area (Å²) < 4.78 is 25.7. The van der Waals surface area contributed by atoms with Crippen molar-refractivity contribution in [2.45, 2.75) is 96.5 Å². The molecule has 4 N–H and O–H groups in total. The molecule has 0 spiro atoms. The van der Waals surface area contributed by atoms with Gasteiger partial charge in [-0.05, 0) is 24.7 Å². The summed E-state index contributed by atoms with van der Waals surface area (Å²) in [5.74, 6) is 1.49. The highest BCUT2D eigenvalue weighted by Gasteiger charge is 2.34. The molecule has 1 fully saturated rings. The fourth-order valence-corrected chi connectivity index (χ4v) is 4.59. The van der Waals surface area contributed by atoms with E-state index in [2.05, 4.69) is 21.7 Å². The van der Waals surface area contributed by atoms with Gasteiger partial charge in [0.2, 0.25) is 0 Å². The maximum atomic E-state index is 11.9. The van der Waals surface area contributed by atoms with Gasteiger partial charge in [-0.3, -0.25) is 9.36 Å². The number of ether oxygens (including phenoxy) is 1. The number of aliphatic hydroxyl groups excluding tert-OH is 1. The second-order valence-electron chi connectivity index (χ2n) is 8.64. The van der Waals surface area contributed by atoms with Crippen LogP contribution in [0.3, 0.4) is 0 Å². The van der Waals surface area contributed by atoms with Crippen molar-refractivity contribution in [2.24, 2.45) is 11.8 Å². The molecule has 0 bridgehead atoms. The summed E-state index contributed by atoms with van der Waals surface area (Å²) in [6.07, 6.45) is 14.2. The molecule has 0 aromatic rings. The van der Waals surface area contributed by atoms with Gasteiger partial charge >= 0.3 is 5.97 Å². The molecular weight excluding hydrogens is 421 g/mol. The van der Waals surface area contributed by atoms with Crippen LogP contribution < -0.4 is 10.6 Å². The van der Waals surface area contributed by atoms with Gasteiger partial charge < -0.3 is 29.5 Å². The van der Waals surface area contributed by atoms with Crippen LogP contribution in [0.4, 0.5) is 0 Å². The van der Waals surface area contributed by atoms with Gasteiger partial charge in [0, 0.05) is 6.42 Å². The van der Waals surface area contributed by atoms with E-state index in [1.807, 2.05) is 0 Å². The van der Waals surface area contributed by atoms with Crippen molar-refractivity contribution in [2.75, 3.05) is 26.4 Å². The number of phosphoric ester groups is 1. The number of rotatable bonds is 21. The molecule has 31 heavy (non-hydrogen) atoms. The van der Waals surface area contributed by atoms with E-state index >= 15 is 0 Å². The van der Waals surface area contributed by atoms with Gasteiger partial charge in [-0.2, -0.15) is 0 Å². The summed E-state index contributed by atoms with van der Waals surface area (Å²) in [4.78, 5) is 23.3. The molecule has 4 atom stereocenters. The van der Waals surface area contributed by atoms with Crippen molar-refractivity contribution in [3.05, 3.63) is 0 Å². The largest absolute Gasteiger partial charge is 0.756 e. The van der Waals surface area contributed by atoms with Crippen molar-refractivity contribution >= 4 is 13.8 Å². The number of hydrogen-bond acceptors (Lipinski definition) is 7. The Kier molecular flexibility index (Phi) is 15.7. The maximum absolute atomic E-state index is 11.9. The molecule has 0 aliphatic heterocycles. The fraction of sp³-hybridized carbons (Fsp3) is 0.955. The smallest absolute Gasteiger partial charge is 0.306 e. The van der Waals surface area contributed by atoms with Gasteiger partial charge in [-0.25, -0.2) is 0 Å². The lowest BCUT2D eigenvalue weighted by Crippen LogP contribution is -2.52. The lowest BCUT2D eigenvalue weighted by molar-refractivity contribution is -0.373. The quantitative estimate of drug-likeness (QED) is 0.151. The highest BCUT2D eigenvalue weighted by atomic mass is 31.2. The predicted molar refractivity (Wildman–Crippen MR) is 117 cm³/mol. The third-order valence-electron chi connectivity index (χ3n) is 5.77. The monoisotopic (exact) mass is 465 g/mol. The second-order valence-corrected chi connectivity index (χ2v) is 10.0. The highest BCUT2D eigenvalue weighted by Crippen LogP contribution is 2.45. The van der Waals surface area contributed by atoms with Crippen LogP contribution >= 0.6 is 7.82 Å². The van der Waals surface area contributed by atoms with Gasteiger partial charge in [0.15, 0.2) is 0 Å². The van der Waals surface area contributed by atoms with Crippen LogP contribution in [0.15, 0.2) is 0 Å². The first-order valence-electron chi connectivity index (χ1n) is 12.1. The van der Waals surface area contributed by atoms with E-state index in [0.29, 0.717) is 0 Å². The Bertz CT molecular complexity index is 520. The molecule has 1 aliphatic rings. The fourth-order valence-electron chi connectivity index (χ4n) is 3.81. The maximum Gasteiger partial charge on any atom is 0.306 e. The number of unbranched alkanes of at least 4 members (excludes halogenated alkanes) is 7. The molecule has 1 aliphatic carbocycles. The number of esters is 1. The first-order chi connectivity index (χ1) is 14.9. The van der Waals surface area contributed by atoms with Crippen LogP contribution in [-0.2, 0) is 23.1 Å². The van der Waals surface area contributed by atoms with E-state index in [0.717, 1.165) is 31.1 Å². The van der Waals surface area contributed by atoms with Crippen LogP contribution in [0.25, 0.3) is 0 Å². The van der Waals surface area contributed by atoms with Gasteiger partial charge in [-0.1, -0.05) is 71.1 Å². The zero-order valence-corrected chi connectivity index (χ0v) is 20.2. The molecule has 3 unspecified atom stereocenters. The van der Waals surface area contributed by atoms with Crippen LogP contribution in [0.2, 0.25) is 0 Å². The molecule has 9 heteroatoms. The summed E-state index contributed by atoms with van der Waals surface area (Å²) in [7, 11) is -4.46. The Hall–Kier alpha value is -0.500. The van der Waals surface area contributed by atoms with E-state index < -0.39 is 33.1 Å². The zero-order valence-electron chi connectivity index (χ0n) is 19.3. The first-order valence-corrected chi connectivity index (χ1v) is 13.6. The molecule has 0 amide bonds. The van der Waals surface area contributed by atoms with Crippen LogP contribution in [0.1, 0.15) is 90.4 Å². The molecule has 0 aromatic carbocycles. The van der Waals surface area contributed by atoms with Crippen molar-refractivity contribution in [1.29, 1.82) is 0 Å². The Morgan fingerprint density at radius 2 is 1.68 bits per heavy atom. The molecule has 0 radical (unpaired) electrons. The summed E-state index contributed by atoms with van der Waals surface area (Å²) in [5.41, 5.74) is 3.47. The molecule has 0 heterocycles. The third kappa shape index (κ3) is 15.1. The van der Waals surface area contributed by atoms with E-state index in [-0.39, 0.29) is 19.6 Å². The minimum atomic E-state index is -4.46. The topological polar surface area (TPSA) is 133 Å². The number of aliphatic hydroxyl groups is 1. The lowest BCUT2D eigenvalue weighted by Gasteiger charge is -2.24. The van der Waals surface area contributed by atoms with Crippen LogP contribution in [0, 0.1) is 11.8 Å². The standard InChI is InChI=1S/C22H44NO7P/c1-2-3-4-8-11-19-16-20(19)12-9-6-5-7-10-13-22(25)30-21(17-24)18-29-31(26,27)28-15-14-23/h19-21,24H,2-18,23H2,1H3,(H,26,27)/t19?,20?,21-/m1/s1. The molecule has 0 saturated heterocycles. The van der Waals surface area contributed by atoms with Crippen LogP contribution in [-0.4, -0.2) is 43.5 Å². The SMILES string of the molecule is CCCCCCC1CC1CCCCCCCC(=O)O[C@H](CO)COP(=O)([O-])OCC[NH3+]. The Morgan fingerprint density at radius 3 is 2.29 bits per heavy atom. The Balaban J connectivity index is 1.98. The predicted octanol–water partition coefficient (Wildman–Crippen LogP) is 2.97. The van der Waals surface area contributed by atoms with E-state index in [4.69, 9.17) is 4.74 Å². The minimum absolute atomic E-state index is 0.0787. The summed E-state index contributed by atoms with van der Waals surface area (Å²) >= 11 is 0. The normalized spacial score (nSPS) is 20.9. The number of carbonyl (C=O) groups excluding carboxylic acids is 1. The Labute approximate surface area is 187 Å². The van der Waals surface area contributed by atoms with E-state index in [1.54, 1.807) is 0 Å². The van der Waals surface area contributed by atoms with Crippen molar-refractivity contribution < 1.29 is 38.9 Å². The highest BCUT2D eigenvalue weighted by molar-refractivity contribution is 7.45. The summed E-state index contributed by atoms with van der Waals surface area (Å²) in [6.45, 7) is 1.49. The van der Waals surface area contributed by atoms with Crippen molar-refractivity contribution in [1.82, 2.24) is 0 Å². The summed E-state index contributed by atoms with van der Waals surface area (Å²) in [6, 6.07) is 0. The average Bonchev–Trinajstić information content (AvgIpc) is 3.50. The second kappa shape index (κ2) is 17.0. The van der Waals surface area contributed by atoms with Crippen molar-refractivity contribution in [3.8, 4) is 0 Å². The number of phosphoric acid groups is 1. The third-order valence-corrected chi connectivity index (χ3v) is 6.73. The van der Waals surface area contributed by atoms with Gasteiger partial charge in [0.1, 0.15) is 12.7 Å². The average molecular weight is 466 g/mol. The van der Waals surface area contributed by atoms with Crippen molar-refractivity contribution in [3.63, 3.8) is 0 Å². The minimum Gasteiger partial charge on any atom is -0.756 e. The molecular formula is C22H44NO7P. The molecule has 1 saturated carbocycles. The van der Waals surface area contributed by atoms with E-state index in [1.165, 1.54) is 57.8 Å². The summed E-state index contributed by atoms with van der Waals surface area (Å²) in [5, 5.41) is 9.26. The van der Waals surface area contributed by atoms with Gasteiger partial charge in [-0.15, -0.1) is 0 Å². The van der Waals surface area contributed by atoms with Gasteiger partial charge in [0.05, 0.1) is 19.8 Å². The van der Waals surface area contributed by atoms with Crippen LogP contribution in [0.5, 0.6) is 0 Å². The number of quaternary nitrogens is 1. The Morgan fingerprint density at radius 1 is 1.06 bits per heavy atom. The first kappa shape index (κ1) is 28.5. The zero-order chi connectivity index (χ0) is 23.0. The molecule has 184 valence electrons. The number of hydrogen-bond donors (Lipinski definition) is 2. The molecule has 0 aromatic heterocycles. The molecule has 1 rings (SSSR count). The lowest BCUT2D eigenvalue weighted by atomic mass is 10.0.